The van der Waals surface area contributed by atoms with Gasteiger partial charge in [-0.15, -0.1) is 0 Å². The van der Waals surface area contributed by atoms with Crippen molar-refractivity contribution >= 4 is 20.0 Å². The molecular formula is C15H25FO5S2. The molecule has 0 aliphatic heterocycles. The van der Waals surface area contributed by atoms with Crippen molar-refractivity contribution in [3.8, 4) is 0 Å². The average molecular weight is 368 g/mol. The van der Waals surface area contributed by atoms with Gasteiger partial charge >= 0.3 is 14.5 Å². The van der Waals surface area contributed by atoms with Crippen LogP contribution in [-0.2, 0) is 20.0 Å². The quantitative estimate of drug-likeness (QED) is 0.754. The second-order valence-electron chi connectivity index (χ2n) is 8.32. The molecule has 4 fully saturated rings. The monoisotopic (exact) mass is 368 g/mol. The lowest BCUT2D eigenvalue weighted by atomic mass is 9.49. The van der Waals surface area contributed by atoms with Gasteiger partial charge in [-0.2, -0.15) is 8.42 Å². The molecular weight excluding hydrogens is 343 g/mol. The Morgan fingerprint density at radius 1 is 1.04 bits per heavy atom. The lowest BCUT2D eigenvalue weighted by Crippen LogP contribution is -2.54. The molecule has 1 unspecified atom stereocenters. The Balaban J connectivity index is 2.01. The van der Waals surface area contributed by atoms with Crippen molar-refractivity contribution < 1.29 is 25.8 Å². The predicted molar refractivity (Wildman–Crippen MR) is 84.7 cm³/mol. The van der Waals surface area contributed by atoms with E-state index in [1.165, 1.54) is 13.8 Å². The molecule has 1 atom stereocenters. The third-order valence-electron chi connectivity index (χ3n) is 6.18. The summed E-state index contributed by atoms with van der Waals surface area (Å²) in [4.78, 5) is 0. The highest BCUT2D eigenvalue weighted by atomic mass is 32.3. The molecule has 0 aromatic rings. The first-order chi connectivity index (χ1) is 10.4. The van der Waals surface area contributed by atoms with Crippen LogP contribution >= 0.6 is 0 Å². The van der Waals surface area contributed by atoms with Gasteiger partial charge in [0.25, 0.3) is 0 Å². The molecule has 0 amide bonds. The number of rotatable bonds is 5. The van der Waals surface area contributed by atoms with Crippen LogP contribution in [0.4, 0.5) is 4.39 Å². The fourth-order valence-corrected chi connectivity index (χ4v) is 9.10. The fraction of sp³-hybridized carbons (Fsp3) is 1.00. The molecule has 0 heterocycles. The summed E-state index contributed by atoms with van der Waals surface area (Å²) in [5.74, 6) is 1.32. The smallest absolute Gasteiger partial charge is 0.282 e. The maximum Gasteiger partial charge on any atom is 0.334 e. The van der Waals surface area contributed by atoms with Gasteiger partial charge < -0.3 is 0 Å². The van der Waals surface area contributed by atoms with E-state index in [0.717, 1.165) is 19.3 Å². The molecule has 4 aliphatic rings. The molecule has 0 aromatic carbocycles. The highest BCUT2D eigenvalue weighted by Gasteiger charge is 2.63. The summed E-state index contributed by atoms with van der Waals surface area (Å²) in [6, 6.07) is 0. The van der Waals surface area contributed by atoms with Crippen LogP contribution in [0, 0.1) is 23.2 Å². The van der Waals surface area contributed by atoms with E-state index in [-0.39, 0.29) is 0 Å². The van der Waals surface area contributed by atoms with Gasteiger partial charge in [-0.25, -0.2) is 12.8 Å². The van der Waals surface area contributed by atoms with Gasteiger partial charge in [0, 0.05) is 6.42 Å². The highest BCUT2D eigenvalue weighted by molar-refractivity contribution is 8.08. The Morgan fingerprint density at radius 2 is 1.43 bits per heavy atom. The molecule has 4 aliphatic carbocycles. The summed E-state index contributed by atoms with van der Waals surface area (Å²) in [7, 11) is -10.0. The van der Waals surface area contributed by atoms with Gasteiger partial charge in [-0.3, -0.25) is 4.55 Å². The van der Waals surface area contributed by atoms with Crippen molar-refractivity contribution in [1.82, 2.24) is 0 Å². The molecule has 0 saturated heterocycles. The average Bonchev–Trinajstić information content (AvgIpc) is 2.34. The SMILES string of the molecule is CC(C)S(=O)(=O)C(F)(CC12CC3CC(CC(C3)C1)C2)S(=O)(=O)O. The van der Waals surface area contributed by atoms with E-state index in [9.17, 15) is 21.4 Å². The second kappa shape index (κ2) is 5.14. The van der Waals surface area contributed by atoms with Crippen LogP contribution in [0.25, 0.3) is 0 Å². The summed E-state index contributed by atoms with van der Waals surface area (Å²) < 4.78 is 69.5. The molecule has 8 heteroatoms. The molecule has 5 nitrogen and oxygen atoms in total. The maximum absolute atomic E-state index is 15.4. The largest absolute Gasteiger partial charge is 0.334 e. The van der Waals surface area contributed by atoms with Crippen molar-refractivity contribution in [2.24, 2.45) is 23.2 Å². The maximum atomic E-state index is 15.4. The first-order valence-corrected chi connectivity index (χ1v) is 11.3. The Morgan fingerprint density at radius 3 is 1.74 bits per heavy atom. The topological polar surface area (TPSA) is 88.5 Å². The van der Waals surface area contributed by atoms with Crippen LogP contribution in [0.3, 0.4) is 0 Å². The Kier molecular flexibility index (Phi) is 3.94. The van der Waals surface area contributed by atoms with Gasteiger partial charge in [0.1, 0.15) is 0 Å². The van der Waals surface area contributed by atoms with Gasteiger partial charge in [-0.05, 0) is 75.5 Å². The van der Waals surface area contributed by atoms with Crippen LogP contribution in [0.15, 0.2) is 0 Å². The molecule has 0 radical (unpaired) electrons. The van der Waals surface area contributed by atoms with E-state index < -0.39 is 41.4 Å². The van der Waals surface area contributed by atoms with Crippen molar-refractivity contribution in [2.45, 2.75) is 68.4 Å². The molecule has 0 aromatic heterocycles. The third-order valence-corrected chi connectivity index (χ3v) is 10.7. The number of alkyl halides is 1. The zero-order chi connectivity index (χ0) is 17.3. The molecule has 23 heavy (non-hydrogen) atoms. The molecule has 0 spiro atoms. The third kappa shape index (κ3) is 2.65. The number of hydrogen-bond donors (Lipinski definition) is 1. The first kappa shape index (κ1) is 17.6. The summed E-state index contributed by atoms with van der Waals surface area (Å²) in [6.45, 7) is 2.49. The Bertz CT molecular complexity index is 662. The zero-order valence-electron chi connectivity index (χ0n) is 13.5. The lowest BCUT2D eigenvalue weighted by molar-refractivity contribution is -0.0659. The van der Waals surface area contributed by atoms with E-state index in [1.54, 1.807) is 0 Å². The second-order valence-corrected chi connectivity index (χ2v) is 12.9. The standard InChI is InChI=1S/C15H25FO5S2/c1-10(2)22(17,18)15(16,23(19,20)21)9-14-6-11-3-12(7-14)5-13(4-11)8-14/h10-13H,3-9H2,1-2H3,(H,19,20,21). The fourth-order valence-electron chi connectivity index (χ4n) is 5.64. The van der Waals surface area contributed by atoms with E-state index in [1.807, 2.05) is 0 Å². The van der Waals surface area contributed by atoms with Gasteiger partial charge in [0.2, 0.25) is 9.84 Å². The van der Waals surface area contributed by atoms with Gasteiger partial charge in [0.15, 0.2) is 0 Å². The Labute approximate surface area is 137 Å². The minimum atomic E-state index is -5.37. The van der Waals surface area contributed by atoms with E-state index in [4.69, 9.17) is 0 Å². The summed E-state index contributed by atoms with van der Waals surface area (Å²) >= 11 is 0. The van der Waals surface area contributed by atoms with Crippen molar-refractivity contribution in [3.63, 3.8) is 0 Å². The first-order valence-electron chi connectivity index (χ1n) is 8.28. The van der Waals surface area contributed by atoms with Crippen LogP contribution in [0.5, 0.6) is 0 Å². The van der Waals surface area contributed by atoms with Crippen LogP contribution in [0.1, 0.15) is 58.8 Å². The molecule has 4 rings (SSSR count). The summed E-state index contributed by atoms with van der Waals surface area (Å²) in [5, 5.41) is -1.21. The molecule has 4 saturated carbocycles. The van der Waals surface area contributed by atoms with Gasteiger partial charge in [0.05, 0.1) is 5.25 Å². The Hall–Kier alpha value is -0.210. The molecule has 134 valence electrons. The van der Waals surface area contributed by atoms with Crippen LogP contribution < -0.4 is 0 Å². The van der Waals surface area contributed by atoms with Crippen LogP contribution in [0.2, 0.25) is 0 Å². The summed E-state index contributed by atoms with van der Waals surface area (Å²) in [6.07, 6.45) is 4.66. The van der Waals surface area contributed by atoms with Crippen LogP contribution in [-0.4, -0.2) is 31.0 Å². The minimum Gasteiger partial charge on any atom is -0.282 e. The van der Waals surface area contributed by atoms with E-state index >= 15 is 4.39 Å². The molecule has 1 N–H and O–H groups in total. The summed E-state index contributed by atoms with van der Waals surface area (Å²) in [5.41, 5.74) is -0.610. The van der Waals surface area contributed by atoms with E-state index in [0.29, 0.717) is 37.0 Å². The molecule has 4 bridgehead atoms. The van der Waals surface area contributed by atoms with Crippen molar-refractivity contribution in [1.29, 1.82) is 0 Å². The number of hydrogen-bond acceptors (Lipinski definition) is 4. The number of halogens is 1. The van der Waals surface area contributed by atoms with Gasteiger partial charge in [-0.1, -0.05) is 0 Å². The lowest BCUT2D eigenvalue weighted by Gasteiger charge is -2.57. The zero-order valence-corrected chi connectivity index (χ0v) is 15.2. The van der Waals surface area contributed by atoms with E-state index in [2.05, 4.69) is 0 Å². The van der Waals surface area contributed by atoms with Crippen molar-refractivity contribution in [2.75, 3.05) is 0 Å². The highest BCUT2D eigenvalue weighted by Crippen LogP contribution is 2.63. The number of sulfone groups is 1. The predicted octanol–water partition coefficient (Wildman–Crippen LogP) is 2.93. The normalized spacial score (nSPS) is 39.6. The minimum absolute atomic E-state index is 0.439. The van der Waals surface area contributed by atoms with Crippen molar-refractivity contribution in [3.05, 3.63) is 0 Å².